The summed E-state index contributed by atoms with van der Waals surface area (Å²) in [4.78, 5) is 16.1. The third-order valence-corrected chi connectivity index (χ3v) is 3.90. The van der Waals surface area contributed by atoms with Crippen molar-refractivity contribution in [3.8, 4) is 0 Å². The van der Waals surface area contributed by atoms with E-state index in [1.165, 1.54) is 0 Å². The minimum Gasteiger partial charge on any atom is -0.388 e. The van der Waals surface area contributed by atoms with Crippen LogP contribution in [0.5, 0.6) is 0 Å². The molecule has 0 radical (unpaired) electrons. The summed E-state index contributed by atoms with van der Waals surface area (Å²) < 4.78 is 0. The fourth-order valence-corrected chi connectivity index (χ4v) is 2.48. The third kappa shape index (κ3) is 3.77. The van der Waals surface area contributed by atoms with Crippen LogP contribution in [0.3, 0.4) is 0 Å². The van der Waals surface area contributed by atoms with Gasteiger partial charge < -0.3 is 10.4 Å². The SMILES string of the molecule is Cc1cccc(C(=O)NCC2(O)CCC(C)CC2)n1. The van der Waals surface area contributed by atoms with E-state index in [-0.39, 0.29) is 5.91 Å². The molecular weight excluding hydrogens is 240 g/mol. The predicted octanol–water partition coefficient (Wildman–Crippen LogP) is 2.06. The summed E-state index contributed by atoms with van der Waals surface area (Å²) in [6, 6.07) is 5.36. The summed E-state index contributed by atoms with van der Waals surface area (Å²) in [7, 11) is 0. The second-order valence-electron chi connectivity index (χ2n) is 5.75. The topological polar surface area (TPSA) is 62.2 Å². The first-order valence-corrected chi connectivity index (χ1v) is 6.93. The van der Waals surface area contributed by atoms with Gasteiger partial charge in [0.1, 0.15) is 5.69 Å². The van der Waals surface area contributed by atoms with Crippen molar-refractivity contribution >= 4 is 5.91 Å². The third-order valence-electron chi connectivity index (χ3n) is 3.90. The number of aromatic nitrogens is 1. The minimum absolute atomic E-state index is 0.212. The molecular formula is C15H22N2O2. The van der Waals surface area contributed by atoms with E-state index in [0.29, 0.717) is 18.2 Å². The molecule has 1 amide bonds. The molecule has 0 spiro atoms. The van der Waals surface area contributed by atoms with Crippen LogP contribution >= 0.6 is 0 Å². The van der Waals surface area contributed by atoms with E-state index < -0.39 is 5.60 Å². The fourth-order valence-electron chi connectivity index (χ4n) is 2.48. The number of pyridine rings is 1. The Balaban J connectivity index is 1.90. The molecule has 1 aliphatic rings. The van der Waals surface area contributed by atoms with Crippen LogP contribution in [-0.2, 0) is 0 Å². The molecule has 0 aliphatic heterocycles. The molecule has 4 heteroatoms. The zero-order chi connectivity index (χ0) is 13.9. The van der Waals surface area contributed by atoms with Gasteiger partial charge in [0.15, 0.2) is 0 Å². The van der Waals surface area contributed by atoms with Gasteiger partial charge in [0.25, 0.3) is 5.91 Å². The van der Waals surface area contributed by atoms with Gasteiger partial charge in [-0.15, -0.1) is 0 Å². The fraction of sp³-hybridized carbons (Fsp3) is 0.600. The average molecular weight is 262 g/mol. The molecule has 1 saturated carbocycles. The first kappa shape index (κ1) is 14.0. The zero-order valence-electron chi connectivity index (χ0n) is 11.6. The number of amides is 1. The van der Waals surface area contributed by atoms with Crippen LogP contribution in [0.25, 0.3) is 0 Å². The number of aryl methyl sites for hydroxylation is 1. The van der Waals surface area contributed by atoms with Crippen LogP contribution in [0.1, 0.15) is 48.8 Å². The van der Waals surface area contributed by atoms with Gasteiger partial charge in [0, 0.05) is 12.2 Å². The van der Waals surface area contributed by atoms with Crippen molar-refractivity contribution in [2.75, 3.05) is 6.54 Å². The van der Waals surface area contributed by atoms with Crippen LogP contribution in [0.15, 0.2) is 18.2 Å². The Morgan fingerprint density at radius 1 is 1.47 bits per heavy atom. The molecule has 2 N–H and O–H groups in total. The van der Waals surface area contributed by atoms with Gasteiger partial charge in [0.05, 0.1) is 5.60 Å². The largest absolute Gasteiger partial charge is 0.388 e. The molecule has 4 nitrogen and oxygen atoms in total. The molecule has 1 aliphatic carbocycles. The lowest BCUT2D eigenvalue weighted by molar-refractivity contribution is -0.00543. The summed E-state index contributed by atoms with van der Waals surface area (Å²) >= 11 is 0. The van der Waals surface area contributed by atoms with Crippen molar-refractivity contribution in [1.82, 2.24) is 10.3 Å². The number of aliphatic hydroxyl groups is 1. The molecule has 1 aromatic rings. The van der Waals surface area contributed by atoms with Crippen LogP contribution in [0.4, 0.5) is 0 Å². The molecule has 104 valence electrons. The van der Waals surface area contributed by atoms with E-state index >= 15 is 0 Å². The molecule has 19 heavy (non-hydrogen) atoms. The van der Waals surface area contributed by atoms with Gasteiger partial charge in [-0.3, -0.25) is 4.79 Å². The van der Waals surface area contributed by atoms with Crippen molar-refractivity contribution in [2.24, 2.45) is 5.92 Å². The van der Waals surface area contributed by atoms with Crippen LogP contribution in [0.2, 0.25) is 0 Å². The van der Waals surface area contributed by atoms with Gasteiger partial charge in [-0.2, -0.15) is 0 Å². The van der Waals surface area contributed by atoms with E-state index in [9.17, 15) is 9.90 Å². The van der Waals surface area contributed by atoms with Crippen molar-refractivity contribution in [2.45, 2.75) is 45.1 Å². The number of rotatable bonds is 3. The van der Waals surface area contributed by atoms with Crippen LogP contribution in [-0.4, -0.2) is 28.1 Å². The standard InChI is InChI=1S/C15H22N2O2/c1-11-6-8-15(19,9-7-11)10-16-14(18)13-5-3-4-12(2)17-13/h3-5,11,19H,6-10H2,1-2H3,(H,16,18). The summed E-state index contributed by atoms with van der Waals surface area (Å²) in [5.74, 6) is 0.463. The van der Waals surface area contributed by atoms with Crippen LogP contribution in [0, 0.1) is 12.8 Å². The Bertz CT molecular complexity index is 451. The van der Waals surface area contributed by atoms with E-state index in [2.05, 4.69) is 17.2 Å². The second kappa shape index (κ2) is 5.70. The molecule has 2 rings (SSSR count). The van der Waals surface area contributed by atoms with E-state index in [0.717, 1.165) is 31.4 Å². The number of carbonyl (C=O) groups is 1. The molecule has 0 bridgehead atoms. The zero-order valence-corrected chi connectivity index (χ0v) is 11.6. The van der Waals surface area contributed by atoms with Gasteiger partial charge >= 0.3 is 0 Å². The normalized spacial score (nSPS) is 27.0. The average Bonchev–Trinajstić information content (AvgIpc) is 2.40. The Labute approximate surface area is 114 Å². The van der Waals surface area contributed by atoms with E-state index in [1.807, 2.05) is 19.1 Å². The summed E-state index contributed by atoms with van der Waals surface area (Å²) in [5, 5.41) is 13.2. The number of carbonyl (C=O) groups excluding carboxylic acids is 1. The van der Waals surface area contributed by atoms with Gasteiger partial charge in [0.2, 0.25) is 0 Å². The maximum atomic E-state index is 12.0. The van der Waals surface area contributed by atoms with E-state index in [1.54, 1.807) is 6.07 Å². The van der Waals surface area contributed by atoms with Crippen LogP contribution < -0.4 is 5.32 Å². The van der Waals surface area contributed by atoms with Gasteiger partial charge in [-0.05, 0) is 50.7 Å². The van der Waals surface area contributed by atoms with Crippen molar-refractivity contribution in [3.63, 3.8) is 0 Å². The lowest BCUT2D eigenvalue weighted by Crippen LogP contribution is -2.45. The van der Waals surface area contributed by atoms with Gasteiger partial charge in [-0.1, -0.05) is 13.0 Å². The lowest BCUT2D eigenvalue weighted by Gasteiger charge is -2.34. The highest BCUT2D eigenvalue weighted by Crippen LogP contribution is 2.31. The number of nitrogens with one attached hydrogen (secondary N) is 1. The lowest BCUT2D eigenvalue weighted by atomic mass is 9.79. The summed E-state index contributed by atoms with van der Waals surface area (Å²) in [6.45, 7) is 4.37. The maximum Gasteiger partial charge on any atom is 0.269 e. The Morgan fingerprint density at radius 2 is 2.16 bits per heavy atom. The second-order valence-corrected chi connectivity index (χ2v) is 5.75. The molecule has 1 aromatic heterocycles. The Hall–Kier alpha value is -1.42. The smallest absolute Gasteiger partial charge is 0.269 e. The summed E-state index contributed by atoms with van der Waals surface area (Å²) in [6.07, 6.45) is 3.56. The number of hydrogen-bond donors (Lipinski definition) is 2. The first-order valence-electron chi connectivity index (χ1n) is 6.93. The summed E-state index contributed by atoms with van der Waals surface area (Å²) in [5.41, 5.74) is 0.483. The van der Waals surface area contributed by atoms with Gasteiger partial charge in [-0.25, -0.2) is 4.98 Å². The molecule has 0 saturated heterocycles. The first-order chi connectivity index (χ1) is 8.98. The van der Waals surface area contributed by atoms with Crippen molar-refractivity contribution in [3.05, 3.63) is 29.6 Å². The molecule has 0 aromatic carbocycles. The minimum atomic E-state index is -0.744. The predicted molar refractivity (Wildman–Crippen MR) is 73.9 cm³/mol. The maximum absolute atomic E-state index is 12.0. The molecule has 0 atom stereocenters. The molecule has 1 heterocycles. The Kier molecular flexibility index (Phi) is 4.20. The van der Waals surface area contributed by atoms with Crippen molar-refractivity contribution < 1.29 is 9.90 Å². The van der Waals surface area contributed by atoms with Crippen molar-refractivity contribution in [1.29, 1.82) is 0 Å². The molecule has 0 unspecified atom stereocenters. The highest BCUT2D eigenvalue weighted by Gasteiger charge is 2.32. The number of hydrogen-bond acceptors (Lipinski definition) is 3. The highest BCUT2D eigenvalue weighted by molar-refractivity contribution is 5.92. The molecule has 1 fully saturated rings. The van der Waals surface area contributed by atoms with E-state index in [4.69, 9.17) is 0 Å². The highest BCUT2D eigenvalue weighted by atomic mass is 16.3. The Morgan fingerprint density at radius 3 is 2.79 bits per heavy atom. The quantitative estimate of drug-likeness (QED) is 0.876. The monoisotopic (exact) mass is 262 g/mol. The number of nitrogens with zero attached hydrogens (tertiary/aromatic N) is 1.